The molecule has 1 aliphatic rings. The lowest BCUT2D eigenvalue weighted by Crippen LogP contribution is -2.42. The summed E-state index contributed by atoms with van der Waals surface area (Å²) in [6, 6.07) is 23.5. The molecule has 3 aromatic carbocycles. The minimum absolute atomic E-state index is 0.000299. The quantitative estimate of drug-likeness (QED) is 0.612. The van der Waals surface area contributed by atoms with Crippen molar-refractivity contribution in [3.63, 3.8) is 0 Å². The number of methoxy groups -OCH3 is 1. The summed E-state index contributed by atoms with van der Waals surface area (Å²) < 4.78 is 11.4. The van der Waals surface area contributed by atoms with Gasteiger partial charge in [-0.2, -0.15) is 0 Å². The van der Waals surface area contributed by atoms with Crippen LogP contribution >= 0.6 is 0 Å². The van der Waals surface area contributed by atoms with Crippen molar-refractivity contribution in [2.75, 3.05) is 12.4 Å². The van der Waals surface area contributed by atoms with E-state index in [9.17, 15) is 4.79 Å². The van der Waals surface area contributed by atoms with E-state index in [-0.39, 0.29) is 18.2 Å². The first-order chi connectivity index (χ1) is 14.6. The van der Waals surface area contributed by atoms with Gasteiger partial charge in [-0.3, -0.25) is 4.79 Å². The first-order valence-corrected chi connectivity index (χ1v) is 10.1. The van der Waals surface area contributed by atoms with E-state index in [1.165, 1.54) is 0 Å². The molecule has 154 valence electrons. The molecule has 0 spiro atoms. The van der Waals surface area contributed by atoms with E-state index in [4.69, 9.17) is 9.47 Å². The number of carbonyl (C=O) groups is 1. The molecule has 1 atom stereocenters. The third kappa shape index (κ3) is 3.96. The SMILES string of the molecule is COc1cc(C2Nc3ccccc3C(=O)N2Cc2ccccc2)ccc1OC(C)C. The van der Waals surface area contributed by atoms with Crippen LogP contribution in [0.2, 0.25) is 0 Å². The second-order valence-electron chi connectivity index (χ2n) is 7.59. The molecule has 0 saturated heterocycles. The Morgan fingerprint density at radius 2 is 1.70 bits per heavy atom. The lowest BCUT2D eigenvalue weighted by molar-refractivity contribution is 0.0666. The molecular weight excluding hydrogens is 376 g/mol. The standard InChI is InChI=1S/C25H26N2O3/c1-17(2)30-22-14-13-19(15-23(22)29-3)24-26-21-12-8-7-11-20(21)25(28)27(24)16-18-9-5-4-6-10-18/h4-15,17,24,26H,16H2,1-3H3. The van der Waals surface area contributed by atoms with Gasteiger partial charge in [-0.15, -0.1) is 0 Å². The highest BCUT2D eigenvalue weighted by molar-refractivity contribution is 6.01. The van der Waals surface area contributed by atoms with Crippen molar-refractivity contribution in [2.24, 2.45) is 0 Å². The third-order valence-corrected chi connectivity index (χ3v) is 5.08. The number of hydrogen-bond donors (Lipinski definition) is 1. The maximum Gasteiger partial charge on any atom is 0.258 e. The minimum atomic E-state index is -0.324. The molecule has 3 aromatic rings. The lowest BCUT2D eigenvalue weighted by Gasteiger charge is -2.38. The number of para-hydroxylation sites is 1. The van der Waals surface area contributed by atoms with Crippen molar-refractivity contribution in [3.05, 3.63) is 89.5 Å². The molecule has 0 aromatic heterocycles. The van der Waals surface area contributed by atoms with Crippen LogP contribution in [0.15, 0.2) is 72.8 Å². The number of rotatable bonds is 6. The third-order valence-electron chi connectivity index (χ3n) is 5.08. The summed E-state index contributed by atoms with van der Waals surface area (Å²) in [4.78, 5) is 15.3. The minimum Gasteiger partial charge on any atom is -0.493 e. The molecule has 0 fully saturated rings. The lowest BCUT2D eigenvalue weighted by atomic mass is 10.0. The maximum atomic E-state index is 13.4. The van der Waals surface area contributed by atoms with Crippen LogP contribution in [0.25, 0.3) is 0 Å². The number of amides is 1. The Labute approximate surface area is 177 Å². The fourth-order valence-electron chi connectivity index (χ4n) is 3.70. The summed E-state index contributed by atoms with van der Waals surface area (Å²) >= 11 is 0. The Kier molecular flexibility index (Phi) is 5.61. The number of nitrogens with one attached hydrogen (secondary N) is 1. The first-order valence-electron chi connectivity index (χ1n) is 10.1. The number of nitrogens with zero attached hydrogens (tertiary/aromatic N) is 1. The number of carbonyl (C=O) groups excluding carboxylic acids is 1. The average molecular weight is 402 g/mol. The zero-order chi connectivity index (χ0) is 21.1. The number of anilines is 1. The van der Waals surface area contributed by atoms with E-state index < -0.39 is 0 Å². The molecule has 0 radical (unpaired) electrons. The van der Waals surface area contributed by atoms with Gasteiger partial charge < -0.3 is 19.7 Å². The summed E-state index contributed by atoms with van der Waals surface area (Å²) in [6.07, 6.45) is -0.282. The Bertz CT molecular complexity index is 1030. The highest BCUT2D eigenvalue weighted by Crippen LogP contribution is 2.37. The van der Waals surface area contributed by atoms with Crippen molar-refractivity contribution in [3.8, 4) is 11.5 Å². The average Bonchev–Trinajstić information content (AvgIpc) is 2.76. The zero-order valence-electron chi connectivity index (χ0n) is 17.5. The van der Waals surface area contributed by atoms with Crippen molar-refractivity contribution in [2.45, 2.75) is 32.7 Å². The predicted octanol–water partition coefficient (Wildman–Crippen LogP) is 5.25. The molecule has 1 heterocycles. The Morgan fingerprint density at radius 1 is 0.967 bits per heavy atom. The number of benzene rings is 3. The molecule has 0 aliphatic carbocycles. The topological polar surface area (TPSA) is 50.8 Å². The Morgan fingerprint density at radius 3 is 2.43 bits per heavy atom. The normalized spacial score (nSPS) is 15.5. The summed E-state index contributed by atoms with van der Waals surface area (Å²) in [5, 5.41) is 3.53. The van der Waals surface area contributed by atoms with E-state index in [0.717, 1.165) is 16.8 Å². The molecule has 1 aliphatic heterocycles. The molecule has 0 bridgehead atoms. The number of hydrogen-bond acceptors (Lipinski definition) is 4. The van der Waals surface area contributed by atoms with Crippen LogP contribution in [0, 0.1) is 0 Å². The molecule has 4 rings (SSSR count). The van der Waals surface area contributed by atoms with Crippen LogP contribution < -0.4 is 14.8 Å². The zero-order valence-corrected chi connectivity index (χ0v) is 17.5. The van der Waals surface area contributed by atoms with Crippen molar-refractivity contribution < 1.29 is 14.3 Å². The Hall–Kier alpha value is -3.47. The summed E-state index contributed by atoms with van der Waals surface area (Å²) in [6.45, 7) is 4.46. The second kappa shape index (κ2) is 8.49. The maximum absolute atomic E-state index is 13.4. The van der Waals surface area contributed by atoms with E-state index in [0.29, 0.717) is 23.6 Å². The van der Waals surface area contributed by atoms with Gasteiger partial charge in [0.15, 0.2) is 11.5 Å². The van der Waals surface area contributed by atoms with Gasteiger partial charge in [0.25, 0.3) is 5.91 Å². The monoisotopic (exact) mass is 402 g/mol. The molecule has 30 heavy (non-hydrogen) atoms. The van der Waals surface area contributed by atoms with Crippen LogP contribution in [0.5, 0.6) is 11.5 Å². The number of ether oxygens (including phenoxy) is 2. The number of fused-ring (bicyclic) bond motifs is 1. The van der Waals surface area contributed by atoms with Gasteiger partial charge in [0, 0.05) is 12.2 Å². The van der Waals surface area contributed by atoms with E-state index >= 15 is 0 Å². The van der Waals surface area contributed by atoms with Gasteiger partial charge in [-0.05, 0) is 49.2 Å². The van der Waals surface area contributed by atoms with Gasteiger partial charge >= 0.3 is 0 Å². The fraction of sp³-hybridized carbons (Fsp3) is 0.240. The van der Waals surface area contributed by atoms with Crippen LogP contribution in [-0.2, 0) is 6.54 Å². The summed E-state index contributed by atoms with van der Waals surface area (Å²) in [7, 11) is 1.63. The van der Waals surface area contributed by atoms with E-state index in [1.807, 2.05) is 91.5 Å². The highest BCUT2D eigenvalue weighted by Gasteiger charge is 2.33. The molecule has 5 heteroatoms. The largest absolute Gasteiger partial charge is 0.493 e. The molecule has 1 unspecified atom stereocenters. The molecule has 1 amide bonds. The first kappa shape index (κ1) is 19.8. The molecule has 0 saturated carbocycles. The molecule has 1 N–H and O–H groups in total. The van der Waals surface area contributed by atoms with Gasteiger partial charge in [0.2, 0.25) is 0 Å². The van der Waals surface area contributed by atoms with Crippen LogP contribution in [0.4, 0.5) is 5.69 Å². The second-order valence-corrected chi connectivity index (χ2v) is 7.59. The van der Waals surface area contributed by atoms with E-state index in [1.54, 1.807) is 7.11 Å². The van der Waals surface area contributed by atoms with Gasteiger partial charge in [-0.25, -0.2) is 0 Å². The van der Waals surface area contributed by atoms with Crippen molar-refractivity contribution in [1.82, 2.24) is 4.90 Å². The van der Waals surface area contributed by atoms with Crippen molar-refractivity contribution >= 4 is 11.6 Å². The van der Waals surface area contributed by atoms with E-state index in [2.05, 4.69) is 5.32 Å². The van der Waals surface area contributed by atoms with Crippen LogP contribution in [-0.4, -0.2) is 24.0 Å². The van der Waals surface area contributed by atoms with Gasteiger partial charge in [0.1, 0.15) is 6.17 Å². The molecular formula is C25H26N2O3. The van der Waals surface area contributed by atoms with Crippen LogP contribution in [0.1, 0.15) is 41.5 Å². The fourth-order valence-corrected chi connectivity index (χ4v) is 3.70. The summed E-state index contributed by atoms with van der Waals surface area (Å²) in [5.41, 5.74) is 3.51. The molecule has 5 nitrogen and oxygen atoms in total. The predicted molar refractivity (Wildman–Crippen MR) is 118 cm³/mol. The summed E-state index contributed by atoms with van der Waals surface area (Å²) in [5.74, 6) is 1.34. The van der Waals surface area contributed by atoms with Crippen LogP contribution in [0.3, 0.4) is 0 Å². The van der Waals surface area contributed by atoms with Gasteiger partial charge in [0.05, 0.1) is 18.8 Å². The smallest absolute Gasteiger partial charge is 0.258 e. The van der Waals surface area contributed by atoms with Gasteiger partial charge in [-0.1, -0.05) is 48.5 Å². The Balaban J connectivity index is 1.74. The highest BCUT2D eigenvalue weighted by atomic mass is 16.5. The van der Waals surface area contributed by atoms with Crippen molar-refractivity contribution in [1.29, 1.82) is 0 Å².